The molecule has 3 N–H and O–H groups in total. The van der Waals surface area contributed by atoms with Gasteiger partial charge in [0.2, 0.25) is 0 Å². The third kappa shape index (κ3) is 6.27. The second-order valence-electron chi connectivity index (χ2n) is 5.35. The molecule has 0 aromatic rings. The molecule has 0 aromatic carbocycles. The third-order valence-corrected chi connectivity index (χ3v) is 3.50. The van der Waals surface area contributed by atoms with Gasteiger partial charge in [-0.3, -0.25) is 0 Å². The molecule has 1 rings (SSSR count). The van der Waals surface area contributed by atoms with E-state index in [0.717, 1.165) is 32.1 Å². The lowest BCUT2D eigenvalue weighted by Crippen LogP contribution is -2.45. The van der Waals surface area contributed by atoms with E-state index in [-0.39, 0.29) is 5.54 Å². The maximum absolute atomic E-state index is 12.1. The minimum atomic E-state index is -4.09. The highest BCUT2D eigenvalue weighted by Gasteiger charge is 2.30. The summed E-state index contributed by atoms with van der Waals surface area (Å²) in [7, 11) is 0. The Labute approximate surface area is 101 Å². The molecule has 102 valence electrons. The van der Waals surface area contributed by atoms with E-state index in [1.807, 2.05) is 0 Å². The van der Waals surface area contributed by atoms with Crippen LogP contribution in [0, 0.1) is 0 Å². The molecule has 1 saturated carbocycles. The summed E-state index contributed by atoms with van der Waals surface area (Å²) < 4.78 is 36.3. The Kier molecular flexibility index (Phi) is 5.25. The topological polar surface area (TPSA) is 38.0 Å². The average molecular weight is 252 g/mol. The molecule has 0 heterocycles. The molecular weight excluding hydrogens is 229 g/mol. The monoisotopic (exact) mass is 252 g/mol. The molecule has 17 heavy (non-hydrogen) atoms. The van der Waals surface area contributed by atoms with Crippen molar-refractivity contribution in [2.45, 2.75) is 69.6 Å². The smallest absolute Gasteiger partial charge is 0.325 e. The fraction of sp³-hybridized carbons (Fsp3) is 1.00. The summed E-state index contributed by atoms with van der Waals surface area (Å²) >= 11 is 0. The number of hydrogen-bond donors (Lipinski definition) is 2. The molecule has 1 atom stereocenters. The number of hydrogen-bond acceptors (Lipinski definition) is 2. The molecule has 0 aromatic heterocycles. The fourth-order valence-corrected chi connectivity index (χ4v) is 2.49. The Morgan fingerprint density at radius 1 is 1.24 bits per heavy atom. The van der Waals surface area contributed by atoms with E-state index in [4.69, 9.17) is 5.73 Å². The van der Waals surface area contributed by atoms with Gasteiger partial charge in [-0.05, 0) is 32.7 Å². The van der Waals surface area contributed by atoms with Crippen molar-refractivity contribution >= 4 is 0 Å². The molecule has 1 aliphatic rings. The van der Waals surface area contributed by atoms with Crippen molar-refractivity contribution in [3.8, 4) is 0 Å². The summed E-state index contributed by atoms with van der Waals surface area (Å²) in [6.07, 6.45) is 1.45. The van der Waals surface area contributed by atoms with Gasteiger partial charge in [-0.2, -0.15) is 13.2 Å². The average Bonchev–Trinajstić information content (AvgIpc) is 2.15. The highest BCUT2D eigenvalue weighted by molar-refractivity contribution is 4.87. The Bertz CT molecular complexity index is 222. The lowest BCUT2D eigenvalue weighted by molar-refractivity contribution is -0.139. The van der Waals surface area contributed by atoms with Gasteiger partial charge in [0.05, 0.1) is 6.42 Å². The minimum Gasteiger partial charge on any atom is -0.325 e. The standard InChI is InChI=1S/C12H23F3N2/c1-10(9-12(13,14)15)17-8-7-11(16)5-3-2-4-6-11/h10,17H,2-9,16H2,1H3. The second kappa shape index (κ2) is 6.05. The van der Waals surface area contributed by atoms with Crippen molar-refractivity contribution < 1.29 is 13.2 Å². The lowest BCUT2D eigenvalue weighted by Gasteiger charge is -2.34. The number of alkyl halides is 3. The SMILES string of the molecule is CC(CC(F)(F)F)NCCC1(N)CCCCC1. The molecular formula is C12H23F3N2. The molecule has 0 amide bonds. The second-order valence-corrected chi connectivity index (χ2v) is 5.35. The summed E-state index contributed by atoms with van der Waals surface area (Å²) in [5.41, 5.74) is 6.06. The van der Waals surface area contributed by atoms with Gasteiger partial charge in [-0.25, -0.2) is 0 Å². The summed E-state index contributed by atoms with van der Waals surface area (Å²) in [6.45, 7) is 2.14. The van der Waals surface area contributed by atoms with Crippen LogP contribution in [0.3, 0.4) is 0 Å². The largest absolute Gasteiger partial charge is 0.390 e. The van der Waals surface area contributed by atoms with Crippen LogP contribution in [0.4, 0.5) is 13.2 Å². The lowest BCUT2D eigenvalue weighted by atomic mass is 9.80. The molecule has 1 unspecified atom stereocenters. The third-order valence-electron chi connectivity index (χ3n) is 3.50. The first-order valence-electron chi connectivity index (χ1n) is 6.40. The number of nitrogens with two attached hydrogens (primary N) is 1. The van der Waals surface area contributed by atoms with Gasteiger partial charge in [-0.1, -0.05) is 19.3 Å². The van der Waals surface area contributed by atoms with Crippen molar-refractivity contribution in [1.82, 2.24) is 5.32 Å². The van der Waals surface area contributed by atoms with E-state index in [1.165, 1.54) is 6.42 Å². The van der Waals surface area contributed by atoms with Crippen LogP contribution in [0.5, 0.6) is 0 Å². The normalized spacial score (nSPS) is 22.4. The number of halogens is 3. The Hall–Kier alpha value is -0.290. The zero-order valence-corrected chi connectivity index (χ0v) is 10.4. The van der Waals surface area contributed by atoms with Gasteiger partial charge >= 0.3 is 6.18 Å². The number of rotatable bonds is 5. The van der Waals surface area contributed by atoms with Crippen LogP contribution in [-0.4, -0.2) is 24.3 Å². The highest BCUT2D eigenvalue weighted by atomic mass is 19.4. The first-order chi connectivity index (χ1) is 7.81. The van der Waals surface area contributed by atoms with Crippen molar-refractivity contribution in [2.24, 2.45) is 5.73 Å². The van der Waals surface area contributed by atoms with Crippen molar-refractivity contribution in [3.05, 3.63) is 0 Å². The van der Waals surface area contributed by atoms with Gasteiger partial charge in [0.1, 0.15) is 0 Å². The molecule has 0 spiro atoms. The summed E-state index contributed by atoms with van der Waals surface area (Å²) in [4.78, 5) is 0. The van der Waals surface area contributed by atoms with Crippen LogP contribution in [0.15, 0.2) is 0 Å². The maximum atomic E-state index is 12.1. The van der Waals surface area contributed by atoms with Gasteiger partial charge in [0.15, 0.2) is 0 Å². The van der Waals surface area contributed by atoms with Crippen LogP contribution >= 0.6 is 0 Å². The van der Waals surface area contributed by atoms with Crippen LogP contribution < -0.4 is 11.1 Å². The van der Waals surface area contributed by atoms with Gasteiger partial charge in [0, 0.05) is 11.6 Å². The summed E-state index contributed by atoms with van der Waals surface area (Å²) in [5.74, 6) is 0. The predicted molar refractivity (Wildman–Crippen MR) is 62.8 cm³/mol. The van der Waals surface area contributed by atoms with E-state index in [1.54, 1.807) is 6.92 Å². The first-order valence-corrected chi connectivity index (χ1v) is 6.40. The van der Waals surface area contributed by atoms with Gasteiger partial charge < -0.3 is 11.1 Å². The molecule has 1 aliphatic carbocycles. The van der Waals surface area contributed by atoms with Crippen LogP contribution in [0.2, 0.25) is 0 Å². The summed E-state index contributed by atoms with van der Waals surface area (Å²) in [6, 6.07) is -0.526. The zero-order valence-electron chi connectivity index (χ0n) is 10.4. The van der Waals surface area contributed by atoms with E-state index >= 15 is 0 Å². The molecule has 0 aliphatic heterocycles. The van der Waals surface area contributed by atoms with Crippen LogP contribution in [0.25, 0.3) is 0 Å². The van der Waals surface area contributed by atoms with Crippen LogP contribution in [0.1, 0.15) is 51.9 Å². The molecule has 0 bridgehead atoms. The highest BCUT2D eigenvalue weighted by Crippen LogP contribution is 2.28. The molecule has 0 saturated heterocycles. The number of nitrogens with one attached hydrogen (secondary N) is 1. The Morgan fingerprint density at radius 3 is 2.35 bits per heavy atom. The van der Waals surface area contributed by atoms with Crippen LogP contribution in [-0.2, 0) is 0 Å². The molecule has 5 heteroatoms. The Balaban J connectivity index is 2.18. The zero-order chi connectivity index (χ0) is 12.9. The molecule has 2 nitrogen and oxygen atoms in total. The minimum absolute atomic E-state index is 0.150. The molecule has 0 radical (unpaired) electrons. The maximum Gasteiger partial charge on any atom is 0.390 e. The van der Waals surface area contributed by atoms with E-state index < -0.39 is 18.6 Å². The van der Waals surface area contributed by atoms with Crippen molar-refractivity contribution in [2.75, 3.05) is 6.54 Å². The van der Waals surface area contributed by atoms with E-state index in [2.05, 4.69) is 5.32 Å². The Morgan fingerprint density at radius 2 is 1.82 bits per heavy atom. The van der Waals surface area contributed by atoms with E-state index in [0.29, 0.717) is 6.54 Å². The molecule has 1 fully saturated rings. The fourth-order valence-electron chi connectivity index (χ4n) is 2.49. The van der Waals surface area contributed by atoms with E-state index in [9.17, 15) is 13.2 Å². The predicted octanol–water partition coefficient (Wildman–Crippen LogP) is 2.97. The first kappa shape index (κ1) is 14.8. The van der Waals surface area contributed by atoms with Crippen molar-refractivity contribution in [1.29, 1.82) is 0 Å². The summed E-state index contributed by atoms with van der Waals surface area (Å²) in [5, 5.41) is 2.91. The van der Waals surface area contributed by atoms with Gasteiger partial charge in [0.25, 0.3) is 0 Å². The quantitative estimate of drug-likeness (QED) is 0.789. The van der Waals surface area contributed by atoms with Crippen molar-refractivity contribution in [3.63, 3.8) is 0 Å². The van der Waals surface area contributed by atoms with Gasteiger partial charge in [-0.15, -0.1) is 0 Å².